The van der Waals surface area contributed by atoms with Crippen molar-refractivity contribution >= 4 is 29.8 Å². The first-order valence-electron chi connectivity index (χ1n) is 6.95. The van der Waals surface area contributed by atoms with Crippen LogP contribution in [0, 0.1) is 0 Å². The average Bonchev–Trinajstić information content (AvgIpc) is 2.10. The predicted molar refractivity (Wildman–Crippen MR) is 89.3 cm³/mol. The maximum Gasteiger partial charge on any atom is 0.377 e. The lowest BCUT2D eigenvalue weighted by Gasteiger charge is -2.29. The van der Waals surface area contributed by atoms with Crippen LogP contribution in [0.3, 0.4) is 0 Å². The van der Waals surface area contributed by atoms with Crippen molar-refractivity contribution < 1.29 is 17.8 Å². The van der Waals surface area contributed by atoms with Crippen LogP contribution in [0.1, 0.15) is 12.8 Å². The summed E-state index contributed by atoms with van der Waals surface area (Å²) in [6, 6.07) is 0. The minimum atomic E-state index is -3.65. The van der Waals surface area contributed by atoms with Crippen LogP contribution in [-0.2, 0) is 17.8 Å². The Hall–Kier alpha value is 0.214. The third-order valence-corrected chi connectivity index (χ3v) is 9.23. The van der Waals surface area contributed by atoms with Crippen LogP contribution in [0.4, 0.5) is 0 Å². The maximum absolute atomic E-state index is 12.9. The molecule has 0 atom stereocenters. The highest BCUT2D eigenvalue weighted by molar-refractivity contribution is 7.74. The predicted octanol–water partition coefficient (Wildman–Crippen LogP) is 3.75. The standard InChI is InChI=1S/C12H30NO4PSi2/c1-13(2)11-9-10-12(14)18(15,16-19(3,4)5)17-20(6,7)8/h9-11H2,1-8H3. The van der Waals surface area contributed by atoms with Crippen molar-refractivity contribution in [3.8, 4) is 0 Å². The first kappa shape index (κ1) is 20.2. The fraction of sp³-hybridized carbons (Fsp3) is 0.917. The van der Waals surface area contributed by atoms with E-state index < -0.39 is 24.2 Å². The van der Waals surface area contributed by atoms with Crippen molar-refractivity contribution in [3.63, 3.8) is 0 Å². The van der Waals surface area contributed by atoms with Crippen LogP contribution < -0.4 is 0 Å². The van der Waals surface area contributed by atoms with E-state index in [4.69, 9.17) is 8.43 Å². The summed E-state index contributed by atoms with van der Waals surface area (Å²) in [5.74, 6) is 0. The Balaban J connectivity index is 4.93. The monoisotopic (exact) mass is 339 g/mol. The van der Waals surface area contributed by atoms with E-state index in [9.17, 15) is 9.36 Å². The van der Waals surface area contributed by atoms with Gasteiger partial charge >= 0.3 is 7.60 Å². The van der Waals surface area contributed by atoms with Crippen molar-refractivity contribution in [1.82, 2.24) is 4.90 Å². The summed E-state index contributed by atoms with van der Waals surface area (Å²) >= 11 is 0. The summed E-state index contributed by atoms with van der Waals surface area (Å²) < 4.78 is 24.2. The summed E-state index contributed by atoms with van der Waals surface area (Å²) in [6.45, 7) is 12.3. The molecular formula is C12H30NO4PSi2. The number of carbonyl (C=O) groups excluding carboxylic acids is 1. The highest BCUT2D eigenvalue weighted by Crippen LogP contribution is 2.54. The van der Waals surface area contributed by atoms with Gasteiger partial charge in [0.1, 0.15) is 0 Å². The van der Waals surface area contributed by atoms with Gasteiger partial charge in [0.05, 0.1) is 0 Å². The summed E-state index contributed by atoms with van der Waals surface area (Å²) in [6.07, 6.45) is 0.907. The molecule has 0 saturated heterocycles. The van der Waals surface area contributed by atoms with Crippen LogP contribution >= 0.6 is 7.60 Å². The minimum absolute atomic E-state index is 0.240. The lowest BCUT2D eigenvalue weighted by Crippen LogP contribution is -2.32. The molecule has 0 aliphatic rings. The van der Waals surface area contributed by atoms with Gasteiger partial charge in [0.2, 0.25) is 5.52 Å². The van der Waals surface area contributed by atoms with Gasteiger partial charge in [0, 0.05) is 6.42 Å². The van der Waals surface area contributed by atoms with Crippen molar-refractivity contribution in [2.75, 3.05) is 20.6 Å². The number of rotatable bonds is 9. The molecule has 8 heteroatoms. The van der Waals surface area contributed by atoms with E-state index in [0.29, 0.717) is 6.42 Å². The Labute approximate surface area is 125 Å². The first-order valence-corrected chi connectivity index (χ1v) is 15.3. The van der Waals surface area contributed by atoms with Crippen LogP contribution in [0.25, 0.3) is 0 Å². The van der Waals surface area contributed by atoms with Gasteiger partial charge in [-0.2, -0.15) is 0 Å². The van der Waals surface area contributed by atoms with Gasteiger partial charge in [-0.3, -0.25) is 9.36 Å². The van der Waals surface area contributed by atoms with E-state index in [1.807, 2.05) is 58.3 Å². The van der Waals surface area contributed by atoms with Gasteiger partial charge in [-0.15, -0.1) is 0 Å². The molecule has 0 aromatic rings. The van der Waals surface area contributed by atoms with Gasteiger partial charge in [0.15, 0.2) is 16.6 Å². The average molecular weight is 340 g/mol. The smallest absolute Gasteiger partial charge is 0.346 e. The van der Waals surface area contributed by atoms with E-state index in [1.165, 1.54) is 0 Å². The SMILES string of the molecule is CN(C)CCCC(=O)P(=O)(O[Si](C)(C)C)O[Si](C)(C)C. The molecule has 0 unspecified atom stereocenters. The summed E-state index contributed by atoms with van der Waals surface area (Å²) in [5.41, 5.74) is -0.371. The molecule has 0 saturated carbocycles. The van der Waals surface area contributed by atoms with Crippen LogP contribution in [-0.4, -0.2) is 47.7 Å². The van der Waals surface area contributed by atoms with Crippen molar-refractivity contribution in [2.24, 2.45) is 0 Å². The van der Waals surface area contributed by atoms with Crippen molar-refractivity contribution in [3.05, 3.63) is 0 Å². The highest BCUT2D eigenvalue weighted by Gasteiger charge is 2.42. The van der Waals surface area contributed by atoms with E-state index in [2.05, 4.69) is 0 Å². The van der Waals surface area contributed by atoms with Crippen LogP contribution in [0.15, 0.2) is 0 Å². The van der Waals surface area contributed by atoms with Crippen LogP contribution in [0.2, 0.25) is 39.3 Å². The summed E-state index contributed by atoms with van der Waals surface area (Å²) in [7, 11) is -3.98. The molecule has 20 heavy (non-hydrogen) atoms. The third-order valence-electron chi connectivity index (χ3n) is 2.09. The molecule has 0 amide bonds. The number of nitrogens with zero attached hydrogens (tertiary/aromatic N) is 1. The third kappa shape index (κ3) is 9.21. The lowest BCUT2D eigenvalue weighted by atomic mass is 10.3. The molecule has 0 rings (SSSR count). The van der Waals surface area contributed by atoms with Gasteiger partial charge in [-0.1, -0.05) is 0 Å². The molecule has 0 aromatic carbocycles. The quantitative estimate of drug-likeness (QED) is 0.473. The molecule has 0 aromatic heterocycles. The first-order chi connectivity index (χ1) is 8.75. The van der Waals surface area contributed by atoms with E-state index in [1.54, 1.807) is 0 Å². The molecule has 0 fully saturated rings. The molecule has 0 aliphatic heterocycles. The fourth-order valence-electron chi connectivity index (χ4n) is 1.52. The second-order valence-electron chi connectivity index (χ2n) is 7.21. The summed E-state index contributed by atoms with van der Waals surface area (Å²) in [4.78, 5) is 14.3. The highest BCUT2D eigenvalue weighted by atomic mass is 31.2. The normalized spacial score (nSPS) is 13.8. The molecule has 0 spiro atoms. The van der Waals surface area contributed by atoms with Crippen LogP contribution in [0.5, 0.6) is 0 Å². The van der Waals surface area contributed by atoms with Crippen molar-refractivity contribution in [2.45, 2.75) is 52.1 Å². The number of hydrogen-bond donors (Lipinski definition) is 0. The topological polar surface area (TPSA) is 55.8 Å². The molecule has 5 nitrogen and oxygen atoms in total. The van der Waals surface area contributed by atoms with Gasteiger partial charge in [-0.25, -0.2) is 0 Å². The molecule has 0 N–H and O–H groups in total. The minimum Gasteiger partial charge on any atom is -0.346 e. The fourth-order valence-corrected chi connectivity index (χ4v) is 9.02. The van der Waals surface area contributed by atoms with Gasteiger partial charge < -0.3 is 13.3 Å². The van der Waals surface area contributed by atoms with E-state index >= 15 is 0 Å². The Morgan fingerprint density at radius 2 is 1.40 bits per heavy atom. The van der Waals surface area contributed by atoms with E-state index in [-0.39, 0.29) is 11.9 Å². The zero-order valence-electron chi connectivity index (χ0n) is 14.1. The Morgan fingerprint density at radius 1 is 1.00 bits per heavy atom. The molecule has 0 radical (unpaired) electrons. The lowest BCUT2D eigenvalue weighted by molar-refractivity contribution is -0.113. The molecule has 0 heterocycles. The molecule has 0 bridgehead atoms. The molecular weight excluding hydrogens is 309 g/mol. The maximum atomic E-state index is 12.9. The van der Waals surface area contributed by atoms with Gasteiger partial charge in [0.25, 0.3) is 0 Å². The Morgan fingerprint density at radius 3 is 1.70 bits per heavy atom. The molecule has 0 aliphatic carbocycles. The van der Waals surface area contributed by atoms with Crippen molar-refractivity contribution in [1.29, 1.82) is 0 Å². The Bertz CT molecular complexity index is 355. The molecule has 120 valence electrons. The number of hydrogen-bond acceptors (Lipinski definition) is 5. The van der Waals surface area contributed by atoms with Gasteiger partial charge in [-0.05, 0) is 66.3 Å². The second-order valence-corrected chi connectivity index (χ2v) is 18.6. The number of carbonyl (C=O) groups is 1. The Kier molecular flexibility index (Phi) is 7.55. The van der Waals surface area contributed by atoms with E-state index in [0.717, 1.165) is 6.54 Å². The second kappa shape index (κ2) is 7.47. The zero-order chi connectivity index (χ0) is 16.2. The summed E-state index contributed by atoms with van der Waals surface area (Å²) in [5, 5.41) is 0. The largest absolute Gasteiger partial charge is 0.377 e. The zero-order valence-corrected chi connectivity index (χ0v) is 17.0.